The van der Waals surface area contributed by atoms with Gasteiger partial charge in [-0.15, -0.1) is 10.2 Å². The lowest BCUT2D eigenvalue weighted by molar-refractivity contribution is 0.0474. The van der Waals surface area contributed by atoms with E-state index in [4.69, 9.17) is 9.15 Å². The SMILES string of the molecule is C=C(C)CSc1nnc([C@H](NC(=O)OC(C)(C)C)[C@H](C)CC)o1. The molecule has 0 aliphatic carbocycles. The van der Waals surface area contributed by atoms with Crippen molar-refractivity contribution in [2.24, 2.45) is 5.92 Å². The Morgan fingerprint density at radius 3 is 2.61 bits per heavy atom. The summed E-state index contributed by atoms with van der Waals surface area (Å²) in [5, 5.41) is 11.4. The fourth-order valence-corrected chi connectivity index (χ4v) is 2.32. The molecular weight excluding hydrogens is 314 g/mol. The molecule has 0 aliphatic rings. The first kappa shape index (κ1) is 19.5. The van der Waals surface area contributed by atoms with Crippen LogP contribution in [0.2, 0.25) is 0 Å². The molecule has 0 unspecified atom stereocenters. The van der Waals surface area contributed by atoms with Gasteiger partial charge >= 0.3 is 6.09 Å². The number of carbonyl (C=O) groups excluding carboxylic acids is 1. The van der Waals surface area contributed by atoms with Crippen LogP contribution in [0.4, 0.5) is 4.79 Å². The molecule has 0 saturated carbocycles. The average Bonchev–Trinajstić information content (AvgIpc) is 2.88. The minimum Gasteiger partial charge on any atom is -0.444 e. The zero-order valence-electron chi connectivity index (χ0n) is 14.8. The van der Waals surface area contributed by atoms with Crippen LogP contribution < -0.4 is 5.32 Å². The van der Waals surface area contributed by atoms with E-state index >= 15 is 0 Å². The van der Waals surface area contributed by atoms with E-state index in [-0.39, 0.29) is 12.0 Å². The van der Waals surface area contributed by atoms with Crippen molar-refractivity contribution >= 4 is 17.9 Å². The highest BCUT2D eigenvalue weighted by molar-refractivity contribution is 7.99. The molecule has 0 aromatic carbocycles. The third-order valence-electron chi connectivity index (χ3n) is 3.02. The maximum Gasteiger partial charge on any atom is 0.408 e. The van der Waals surface area contributed by atoms with Gasteiger partial charge in [0.25, 0.3) is 5.22 Å². The Morgan fingerprint density at radius 2 is 2.09 bits per heavy atom. The van der Waals surface area contributed by atoms with Gasteiger partial charge in [0.1, 0.15) is 11.6 Å². The van der Waals surface area contributed by atoms with Gasteiger partial charge in [-0.25, -0.2) is 4.79 Å². The van der Waals surface area contributed by atoms with Gasteiger partial charge in [0.2, 0.25) is 5.89 Å². The van der Waals surface area contributed by atoms with Gasteiger partial charge in [0.05, 0.1) is 0 Å². The predicted molar refractivity (Wildman–Crippen MR) is 91.4 cm³/mol. The number of thioether (sulfide) groups is 1. The van der Waals surface area contributed by atoms with E-state index in [1.807, 2.05) is 41.5 Å². The maximum absolute atomic E-state index is 12.0. The standard InChI is InChI=1S/C16H27N3O3S/c1-8-11(4)12(17-14(20)22-16(5,6)7)13-18-19-15(21-13)23-9-10(2)3/h11-12H,2,8-9H2,1,3-7H3,(H,17,20)/t11-,12-/m1/s1. The molecule has 0 saturated heterocycles. The van der Waals surface area contributed by atoms with Crippen LogP contribution in [0, 0.1) is 5.92 Å². The topological polar surface area (TPSA) is 77.2 Å². The summed E-state index contributed by atoms with van der Waals surface area (Å²) in [6, 6.07) is -0.374. The van der Waals surface area contributed by atoms with Gasteiger partial charge in [-0.2, -0.15) is 0 Å². The number of alkyl carbamates (subject to hydrolysis) is 1. The van der Waals surface area contributed by atoms with Crippen molar-refractivity contribution in [3.05, 3.63) is 18.0 Å². The molecule has 2 atom stereocenters. The highest BCUT2D eigenvalue weighted by Crippen LogP contribution is 2.27. The van der Waals surface area contributed by atoms with Crippen molar-refractivity contribution in [1.29, 1.82) is 0 Å². The fraction of sp³-hybridized carbons (Fsp3) is 0.688. The number of nitrogens with one attached hydrogen (secondary N) is 1. The van der Waals surface area contributed by atoms with E-state index in [0.717, 1.165) is 17.7 Å². The molecule has 0 spiro atoms. The molecule has 130 valence electrons. The van der Waals surface area contributed by atoms with Crippen LogP contribution in [0.1, 0.15) is 59.9 Å². The smallest absolute Gasteiger partial charge is 0.408 e. The fourth-order valence-electron chi connectivity index (χ4n) is 1.71. The van der Waals surface area contributed by atoms with E-state index in [1.54, 1.807) is 0 Å². The van der Waals surface area contributed by atoms with Crippen molar-refractivity contribution in [2.75, 3.05) is 5.75 Å². The van der Waals surface area contributed by atoms with Crippen molar-refractivity contribution in [1.82, 2.24) is 15.5 Å². The lowest BCUT2D eigenvalue weighted by atomic mass is 9.99. The molecule has 1 aromatic rings. The summed E-state index contributed by atoms with van der Waals surface area (Å²) in [6.07, 6.45) is 0.369. The van der Waals surface area contributed by atoms with Gasteiger partial charge in [-0.1, -0.05) is 44.2 Å². The first-order valence-electron chi connectivity index (χ1n) is 7.72. The molecule has 1 heterocycles. The van der Waals surface area contributed by atoms with Gasteiger partial charge in [-0.3, -0.25) is 0 Å². The monoisotopic (exact) mass is 341 g/mol. The summed E-state index contributed by atoms with van der Waals surface area (Å²) in [7, 11) is 0. The lowest BCUT2D eigenvalue weighted by Gasteiger charge is -2.24. The number of aromatic nitrogens is 2. The number of carbonyl (C=O) groups is 1. The molecule has 0 fully saturated rings. The van der Waals surface area contributed by atoms with Crippen LogP contribution in [0.15, 0.2) is 21.8 Å². The Bertz CT molecular complexity index is 537. The van der Waals surface area contributed by atoms with Gasteiger partial charge in [0.15, 0.2) is 0 Å². The third kappa shape index (κ3) is 7.07. The second-order valence-electron chi connectivity index (χ2n) is 6.66. The maximum atomic E-state index is 12.0. The second kappa shape index (κ2) is 8.38. The quantitative estimate of drug-likeness (QED) is 0.587. The molecule has 7 heteroatoms. The summed E-state index contributed by atoms with van der Waals surface area (Å²) in [6.45, 7) is 15.3. The Balaban J connectivity index is 2.82. The zero-order chi connectivity index (χ0) is 17.6. The van der Waals surface area contributed by atoms with E-state index in [2.05, 4.69) is 22.1 Å². The summed E-state index contributed by atoms with van der Waals surface area (Å²) in [4.78, 5) is 12.0. The summed E-state index contributed by atoms with van der Waals surface area (Å²) in [5.74, 6) is 1.26. The molecule has 1 rings (SSSR count). The minimum absolute atomic E-state index is 0.141. The molecule has 0 radical (unpaired) electrons. The van der Waals surface area contributed by atoms with E-state index in [9.17, 15) is 4.79 Å². The normalized spacial score (nSPS) is 14.2. The Morgan fingerprint density at radius 1 is 1.43 bits per heavy atom. The van der Waals surface area contributed by atoms with Crippen molar-refractivity contribution < 1.29 is 13.9 Å². The largest absolute Gasteiger partial charge is 0.444 e. The van der Waals surface area contributed by atoms with Crippen LogP contribution in [-0.4, -0.2) is 27.6 Å². The van der Waals surface area contributed by atoms with Crippen molar-refractivity contribution in [2.45, 2.75) is 64.8 Å². The number of nitrogens with zero attached hydrogens (tertiary/aromatic N) is 2. The Kier molecular flexibility index (Phi) is 7.12. The number of hydrogen-bond acceptors (Lipinski definition) is 6. The number of rotatable bonds is 7. The van der Waals surface area contributed by atoms with Crippen LogP contribution >= 0.6 is 11.8 Å². The molecule has 0 bridgehead atoms. The van der Waals surface area contributed by atoms with Crippen molar-refractivity contribution in [3.63, 3.8) is 0 Å². The zero-order valence-corrected chi connectivity index (χ0v) is 15.6. The Labute approximate surface area is 142 Å². The van der Waals surface area contributed by atoms with Crippen LogP contribution in [0.5, 0.6) is 0 Å². The van der Waals surface area contributed by atoms with Gasteiger partial charge in [-0.05, 0) is 33.6 Å². The van der Waals surface area contributed by atoms with E-state index in [1.165, 1.54) is 11.8 Å². The molecule has 1 aromatic heterocycles. The summed E-state index contributed by atoms with van der Waals surface area (Å²) in [5.41, 5.74) is 0.474. The van der Waals surface area contributed by atoms with Gasteiger partial charge < -0.3 is 14.5 Å². The third-order valence-corrected chi connectivity index (χ3v) is 4.06. The number of amides is 1. The minimum atomic E-state index is -0.554. The van der Waals surface area contributed by atoms with Crippen LogP contribution in [-0.2, 0) is 4.74 Å². The molecule has 1 amide bonds. The number of ether oxygens (including phenoxy) is 1. The number of hydrogen-bond donors (Lipinski definition) is 1. The molecule has 1 N–H and O–H groups in total. The highest BCUT2D eigenvalue weighted by atomic mass is 32.2. The first-order valence-corrected chi connectivity index (χ1v) is 8.71. The summed E-state index contributed by atoms with van der Waals surface area (Å²) >= 11 is 1.43. The highest BCUT2D eigenvalue weighted by Gasteiger charge is 2.28. The predicted octanol–water partition coefficient (Wildman–Crippen LogP) is 4.35. The Hall–Kier alpha value is -1.50. The van der Waals surface area contributed by atoms with Crippen LogP contribution in [0.25, 0.3) is 0 Å². The molecule has 0 aliphatic heterocycles. The van der Waals surface area contributed by atoms with E-state index < -0.39 is 11.7 Å². The molecular formula is C16H27N3O3S. The second-order valence-corrected chi connectivity index (χ2v) is 7.59. The van der Waals surface area contributed by atoms with E-state index in [0.29, 0.717) is 11.1 Å². The first-order chi connectivity index (χ1) is 10.6. The molecule has 23 heavy (non-hydrogen) atoms. The lowest BCUT2D eigenvalue weighted by Crippen LogP contribution is -2.37. The summed E-state index contributed by atoms with van der Waals surface area (Å²) < 4.78 is 11.0. The van der Waals surface area contributed by atoms with Crippen molar-refractivity contribution in [3.8, 4) is 0 Å². The average molecular weight is 341 g/mol. The van der Waals surface area contributed by atoms with Gasteiger partial charge in [0, 0.05) is 5.75 Å². The molecule has 6 nitrogen and oxygen atoms in total. The van der Waals surface area contributed by atoms with Crippen LogP contribution in [0.3, 0.4) is 0 Å².